The normalized spacial score (nSPS) is 10.8. The lowest BCUT2D eigenvalue weighted by Crippen LogP contribution is -2.10. The van der Waals surface area contributed by atoms with E-state index in [1.807, 2.05) is 0 Å². The summed E-state index contributed by atoms with van der Waals surface area (Å²) in [5, 5.41) is 0.540. The van der Waals surface area contributed by atoms with Crippen LogP contribution >= 0.6 is 0 Å². The summed E-state index contributed by atoms with van der Waals surface area (Å²) in [6, 6.07) is 4.23. The lowest BCUT2D eigenvalue weighted by Gasteiger charge is -2.07. The molecule has 5 nitrogen and oxygen atoms in total. The number of aromatic nitrogens is 3. The monoisotopic (exact) mass is 289 g/mol. The molecular weight excluding hydrogens is 280 g/mol. The highest BCUT2D eigenvalue weighted by Gasteiger charge is 2.10. The van der Waals surface area contributed by atoms with Crippen molar-refractivity contribution in [3.05, 3.63) is 58.3 Å². The van der Waals surface area contributed by atoms with Gasteiger partial charge in [0.2, 0.25) is 0 Å². The second kappa shape index (κ2) is 4.93. The predicted octanol–water partition coefficient (Wildman–Crippen LogP) is 2.70. The van der Waals surface area contributed by atoms with Crippen LogP contribution in [0.3, 0.4) is 0 Å². The van der Waals surface area contributed by atoms with Crippen molar-refractivity contribution in [3.8, 4) is 11.5 Å². The van der Waals surface area contributed by atoms with Gasteiger partial charge in [0.05, 0.1) is 0 Å². The SMILES string of the molecule is Cc1ncc2cc(Oc3ccc(F)cc3F)c(=O)[nH]c2n1. The molecule has 106 valence electrons. The van der Waals surface area contributed by atoms with Gasteiger partial charge < -0.3 is 9.72 Å². The zero-order valence-electron chi connectivity index (χ0n) is 10.9. The van der Waals surface area contributed by atoms with E-state index in [9.17, 15) is 13.6 Å². The number of nitrogens with zero attached hydrogens (tertiary/aromatic N) is 2. The number of hydrogen-bond acceptors (Lipinski definition) is 4. The van der Waals surface area contributed by atoms with Crippen molar-refractivity contribution in [2.75, 3.05) is 0 Å². The Morgan fingerprint density at radius 3 is 2.76 bits per heavy atom. The molecule has 0 amide bonds. The Balaban J connectivity index is 2.06. The first-order chi connectivity index (χ1) is 10.0. The van der Waals surface area contributed by atoms with Crippen molar-refractivity contribution in [2.24, 2.45) is 0 Å². The van der Waals surface area contributed by atoms with Gasteiger partial charge in [-0.15, -0.1) is 0 Å². The number of ether oxygens (including phenoxy) is 1. The average molecular weight is 289 g/mol. The van der Waals surface area contributed by atoms with Gasteiger partial charge in [-0.25, -0.2) is 18.7 Å². The van der Waals surface area contributed by atoms with Crippen LogP contribution in [0.15, 0.2) is 35.3 Å². The smallest absolute Gasteiger partial charge is 0.292 e. The fourth-order valence-corrected chi connectivity index (χ4v) is 1.81. The molecule has 0 saturated heterocycles. The summed E-state index contributed by atoms with van der Waals surface area (Å²) >= 11 is 0. The van der Waals surface area contributed by atoms with Crippen LogP contribution < -0.4 is 10.3 Å². The summed E-state index contributed by atoms with van der Waals surface area (Å²) in [5.41, 5.74) is -0.205. The van der Waals surface area contributed by atoms with E-state index in [1.54, 1.807) is 6.92 Å². The number of H-pyrrole nitrogens is 1. The van der Waals surface area contributed by atoms with Crippen LogP contribution in [-0.2, 0) is 0 Å². The predicted molar refractivity (Wildman–Crippen MR) is 71.3 cm³/mol. The fraction of sp³-hybridized carbons (Fsp3) is 0.0714. The highest BCUT2D eigenvalue weighted by Crippen LogP contribution is 2.23. The Bertz CT molecular complexity index is 893. The van der Waals surface area contributed by atoms with Crippen LogP contribution in [0.4, 0.5) is 8.78 Å². The number of hydrogen-bond donors (Lipinski definition) is 1. The summed E-state index contributed by atoms with van der Waals surface area (Å²) < 4.78 is 31.6. The van der Waals surface area contributed by atoms with E-state index in [0.29, 0.717) is 22.9 Å². The minimum atomic E-state index is -0.894. The molecule has 0 aliphatic carbocycles. The first kappa shape index (κ1) is 13.2. The van der Waals surface area contributed by atoms with Crippen molar-refractivity contribution in [2.45, 2.75) is 6.92 Å². The van der Waals surface area contributed by atoms with Crippen molar-refractivity contribution >= 4 is 11.0 Å². The first-order valence-electron chi connectivity index (χ1n) is 6.02. The number of halogens is 2. The molecule has 0 radical (unpaired) electrons. The molecule has 0 unspecified atom stereocenters. The third-order valence-electron chi connectivity index (χ3n) is 2.79. The molecule has 0 atom stereocenters. The van der Waals surface area contributed by atoms with Gasteiger partial charge in [0.1, 0.15) is 17.3 Å². The van der Waals surface area contributed by atoms with Crippen LogP contribution in [0, 0.1) is 18.6 Å². The summed E-state index contributed by atoms with van der Waals surface area (Å²) in [6.07, 6.45) is 1.52. The van der Waals surface area contributed by atoms with Crippen molar-refractivity contribution in [3.63, 3.8) is 0 Å². The van der Waals surface area contributed by atoms with Crippen molar-refractivity contribution < 1.29 is 13.5 Å². The first-order valence-corrected chi connectivity index (χ1v) is 6.02. The summed E-state index contributed by atoms with van der Waals surface area (Å²) in [5.74, 6) is -1.48. The molecule has 21 heavy (non-hydrogen) atoms. The van der Waals surface area contributed by atoms with Gasteiger partial charge >= 0.3 is 0 Å². The number of fused-ring (bicyclic) bond motifs is 1. The average Bonchev–Trinajstić information content (AvgIpc) is 2.42. The molecule has 2 heterocycles. The lowest BCUT2D eigenvalue weighted by molar-refractivity contribution is 0.433. The highest BCUT2D eigenvalue weighted by atomic mass is 19.1. The van der Waals surface area contributed by atoms with Gasteiger partial charge in [-0.3, -0.25) is 4.79 Å². The molecule has 0 aliphatic rings. The van der Waals surface area contributed by atoms with E-state index < -0.39 is 17.2 Å². The third-order valence-corrected chi connectivity index (χ3v) is 2.79. The minimum absolute atomic E-state index is 0.125. The molecule has 2 aromatic heterocycles. The highest BCUT2D eigenvalue weighted by molar-refractivity contribution is 5.74. The number of rotatable bonds is 2. The molecule has 7 heteroatoms. The molecule has 0 spiro atoms. The number of aromatic amines is 1. The summed E-state index contributed by atoms with van der Waals surface area (Å²) in [7, 11) is 0. The van der Waals surface area contributed by atoms with Crippen molar-refractivity contribution in [1.29, 1.82) is 0 Å². The molecule has 0 aliphatic heterocycles. The van der Waals surface area contributed by atoms with Gasteiger partial charge in [-0.1, -0.05) is 0 Å². The van der Waals surface area contributed by atoms with E-state index in [-0.39, 0.29) is 11.5 Å². The van der Waals surface area contributed by atoms with E-state index in [0.717, 1.165) is 12.1 Å². The molecule has 3 rings (SSSR count). The Hall–Kier alpha value is -2.83. The van der Waals surface area contributed by atoms with Crippen LogP contribution in [0.2, 0.25) is 0 Å². The molecule has 0 bridgehead atoms. The van der Waals surface area contributed by atoms with Gasteiger partial charge in [0, 0.05) is 17.6 Å². The number of benzene rings is 1. The Morgan fingerprint density at radius 2 is 2.00 bits per heavy atom. The Kier molecular flexibility index (Phi) is 3.09. The Labute approximate surface area is 117 Å². The van der Waals surface area contributed by atoms with E-state index >= 15 is 0 Å². The van der Waals surface area contributed by atoms with Crippen LogP contribution in [0.25, 0.3) is 11.0 Å². The van der Waals surface area contributed by atoms with Crippen LogP contribution in [0.1, 0.15) is 5.82 Å². The summed E-state index contributed by atoms with van der Waals surface area (Å²) in [4.78, 5) is 22.5. The maximum atomic E-state index is 13.5. The van der Waals surface area contributed by atoms with Crippen molar-refractivity contribution in [1.82, 2.24) is 15.0 Å². The number of aryl methyl sites for hydroxylation is 1. The maximum absolute atomic E-state index is 13.5. The summed E-state index contributed by atoms with van der Waals surface area (Å²) in [6.45, 7) is 1.69. The molecule has 0 saturated carbocycles. The van der Waals surface area contributed by atoms with Gasteiger partial charge in [-0.05, 0) is 25.1 Å². The van der Waals surface area contributed by atoms with E-state index in [1.165, 1.54) is 12.3 Å². The van der Waals surface area contributed by atoms with Crippen LogP contribution in [-0.4, -0.2) is 15.0 Å². The zero-order chi connectivity index (χ0) is 15.0. The van der Waals surface area contributed by atoms with E-state index in [2.05, 4.69) is 15.0 Å². The van der Waals surface area contributed by atoms with E-state index in [4.69, 9.17) is 4.74 Å². The van der Waals surface area contributed by atoms with Gasteiger partial charge in [-0.2, -0.15) is 0 Å². The molecular formula is C14H9F2N3O2. The second-order valence-corrected chi connectivity index (χ2v) is 4.36. The van der Waals surface area contributed by atoms with Gasteiger partial charge in [0.25, 0.3) is 5.56 Å². The zero-order valence-corrected chi connectivity index (χ0v) is 10.9. The topological polar surface area (TPSA) is 67.9 Å². The minimum Gasteiger partial charge on any atom is -0.448 e. The van der Waals surface area contributed by atoms with Gasteiger partial charge in [0.15, 0.2) is 17.3 Å². The quantitative estimate of drug-likeness (QED) is 0.787. The largest absolute Gasteiger partial charge is 0.448 e. The maximum Gasteiger partial charge on any atom is 0.292 e. The number of nitrogens with one attached hydrogen (secondary N) is 1. The lowest BCUT2D eigenvalue weighted by atomic mass is 10.3. The molecule has 1 aromatic carbocycles. The Morgan fingerprint density at radius 1 is 1.19 bits per heavy atom. The molecule has 3 aromatic rings. The fourth-order valence-electron chi connectivity index (χ4n) is 1.81. The third kappa shape index (κ3) is 2.58. The second-order valence-electron chi connectivity index (χ2n) is 4.36. The van der Waals surface area contributed by atoms with Crippen LogP contribution in [0.5, 0.6) is 11.5 Å². The molecule has 1 N–H and O–H groups in total. The number of pyridine rings is 1. The standard InChI is InChI=1S/C14H9F2N3O2/c1-7-17-6-8-4-12(14(20)19-13(8)18-7)21-11-3-2-9(15)5-10(11)16/h2-6H,1H3,(H,17,18,19,20). The molecule has 0 fully saturated rings.